The monoisotopic (exact) mass is 326 g/mol. The molecule has 3 rings (SSSR count). The van der Waals surface area contributed by atoms with Crippen LogP contribution in [0.1, 0.15) is 15.8 Å². The van der Waals surface area contributed by atoms with Crippen LogP contribution in [0.15, 0.2) is 42.5 Å². The van der Waals surface area contributed by atoms with Gasteiger partial charge in [-0.15, -0.1) is 22.9 Å². The molecule has 0 aliphatic carbocycles. The molecule has 0 amide bonds. The first kappa shape index (κ1) is 14.4. The lowest BCUT2D eigenvalue weighted by atomic mass is 10.1. The summed E-state index contributed by atoms with van der Waals surface area (Å²) in [7, 11) is 0. The standard InChI is InChI=1S/C16H10ClF3S/c17-12(8-11-13(19)2-1-3-14(11)20)16-6-9-4-5-10(18)7-15(9)21-16/h1-7,12H,8H2. The Kier molecular flexibility index (Phi) is 3.91. The van der Waals surface area contributed by atoms with E-state index in [9.17, 15) is 13.2 Å². The van der Waals surface area contributed by atoms with E-state index < -0.39 is 17.0 Å². The third-order valence-corrected chi connectivity index (χ3v) is 4.99. The van der Waals surface area contributed by atoms with Crippen molar-refractivity contribution in [1.29, 1.82) is 0 Å². The van der Waals surface area contributed by atoms with E-state index in [1.807, 2.05) is 6.07 Å². The summed E-state index contributed by atoms with van der Waals surface area (Å²) in [5.74, 6) is -1.53. The molecule has 0 bridgehead atoms. The molecule has 1 unspecified atom stereocenters. The van der Waals surface area contributed by atoms with Crippen molar-refractivity contribution in [3.63, 3.8) is 0 Å². The number of thiophene rings is 1. The molecular weight excluding hydrogens is 317 g/mol. The van der Waals surface area contributed by atoms with Crippen molar-refractivity contribution in [3.8, 4) is 0 Å². The molecule has 0 aliphatic heterocycles. The van der Waals surface area contributed by atoms with Crippen LogP contribution in [-0.2, 0) is 6.42 Å². The average Bonchev–Trinajstić information content (AvgIpc) is 2.86. The SMILES string of the molecule is Fc1ccc2cc(C(Cl)Cc3c(F)cccc3F)sc2c1. The number of benzene rings is 2. The zero-order valence-electron chi connectivity index (χ0n) is 10.7. The van der Waals surface area contributed by atoms with E-state index in [-0.39, 0.29) is 17.8 Å². The van der Waals surface area contributed by atoms with Crippen molar-refractivity contribution in [3.05, 3.63) is 70.4 Å². The van der Waals surface area contributed by atoms with Crippen LogP contribution in [0.3, 0.4) is 0 Å². The van der Waals surface area contributed by atoms with Crippen LogP contribution >= 0.6 is 22.9 Å². The van der Waals surface area contributed by atoms with E-state index >= 15 is 0 Å². The normalized spacial score (nSPS) is 12.8. The minimum absolute atomic E-state index is 0.0267. The van der Waals surface area contributed by atoms with Gasteiger partial charge in [0.2, 0.25) is 0 Å². The first-order valence-corrected chi connectivity index (χ1v) is 7.56. The molecular formula is C16H10ClF3S. The summed E-state index contributed by atoms with van der Waals surface area (Å²) in [5, 5.41) is 0.313. The molecule has 0 aliphatic rings. The number of hydrogen-bond acceptors (Lipinski definition) is 1. The predicted molar refractivity (Wildman–Crippen MR) is 80.4 cm³/mol. The Morgan fingerprint density at radius 1 is 1.00 bits per heavy atom. The fourth-order valence-corrected chi connectivity index (χ4v) is 3.61. The van der Waals surface area contributed by atoms with Gasteiger partial charge in [0.15, 0.2) is 0 Å². The van der Waals surface area contributed by atoms with Gasteiger partial charge in [-0.3, -0.25) is 0 Å². The van der Waals surface area contributed by atoms with Gasteiger partial charge in [-0.05, 0) is 42.1 Å². The molecule has 0 nitrogen and oxygen atoms in total. The van der Waals surface area contributed by atoms with E-state index in [1.54, 1.807) is 6.07 Å². The molecule has 1 aromatic heterocycles. The highest BCUT2D eigenvalue weighted by Crippen LogP contribution is 2.36. The Morgan fingerprint density at radius 2 is 1.71 bits per heavy atom. The second-order valence-electron chi connectivity index (χ2n) is 4.70. The van der Waals surface area contributed by atoms with Crippen molar-refractivity contribution < 1.29 is 13.2 Å². The van der Waals surface area contributed by atoms with Crippen molar-refractivity contribution in [2.45, 2.75) is 11.8 Å². The zero-order chi connectivity index (χ0) is 15.0. The van der Waals surface area contributed by atoms with E-state index in [1.165, 1.54) is 41.7 Å². The maximum Gasteiger partial charge on any atom is 0.129 e. The molecule has 108 valence electrons. The molecule has 21 heavy (non-hydrogen) atoms. The summed E-state index contributed by atoms with van der Waals surface area (Å²) >= 11 is 7.61. The highest BCUT2D eigenvalue weighted by atomic mass is 35.5. The Bertz CT molecular complexity index is 777. The van der Waals surface area contributed by atoms with Crippen LogP contribution in [0, 0.1) is 17.5 Å². The van der Waals surface area contributed by atoms with Crippen molar-refractivity contribution in [2.75, 3.05) is 0 Å². The van der Waals surface area contributed by atoms with Gasteiger partial charge in [0, 0.05) is 15.1 Å². The van der Waals surface area contributed by atoms with Crippen LogP contribution in [0.4, 0.5) is 13.2 Å². The Labute approximate surface area is 128 Å². The molecule has 1 heterocycles. The smallest absolute Gasteiger partial charge is 0.129 e. The summed E-state index contributed by atoms with van der Waals surface area (Å²) in [5.41, 5.74) is -0.0267. The minimum Gasteiger partial charge on any atom is -0.207 e. The number of halogens is 4. The Balaban J connectivity index is 1.91. The fourth-order valence-electron chi connectivity index (χ4n) is 2.19. The van der Waals surface area contributed by atoms with E-state index in [0.717, 1.165) is 15.0 Å². The van der Waals surface area contributed by atoms with Gasteiger partial charge in [-0.1, -0.05) is 12.1 Å². The first-order valence-electron chi connectivity index (χ1n) is 6.30. The van der Waals surface area contributed by atoms with Crippen LogP contribution in [0.2, 0.25) is 0 Å². The molecule has 1 atom stereocenters. The van der Waals surface area contributed by atoms with Gasteiger partial charge < -0.3 is 0 Å². The zero-order valence-corrected chi connectivity index (χ0v) is 12.3. The lowest BCUT2D eigenvalue weighted by Crippen LogP contribution is -2.00. The first-order chi connectivity index (χ1) is 10.0. The van der Waals surface area contributed by atoms with Gasteiger partial charge in [-0.2, -0.15) is 0 Å². The summed E-state index contributed by atoms with van der Waals surface area (Å²) < 4.78 is 41.2. The highest BCUT2D eigenvalue weighted by molar-refractivity contribution is 7.19. The molecule has 3 aromatic rings. The average molecular weight is 327 g/mol. The molecule has 0 saturated carbocycles. The van der Waals surface area contributed by atoms with Gasteiger partial charge in [0.05, 0.1) is 5.38 Å². The van der Waals surface area contributed by atoms with Gasteiger partial charge in [-0.25, -0.2) is 13.2 Å². The summed E-state index contributed by atoms with van der Waals surface area (Å²) in [6.07, 6.45) is 0.0510. The van der Waals surface area contributed by atoms with Crippen molar-refractivity contribution >= 4 is 33.0 Å². The minimum atomic E-state index is -0.604. The third-order valence-electron chi connectivity index (χ3n) is 3.25. The summed E-state index contributed by atoms with van der Waals surface area (Å²) in [6, 6.07) is 10.0. The van der Waals surface area contributed by atoms with Crippen LogP contribution < -0.4 is 0 Å². The van der Waals surface area contributed by atoms with Crippen LogP contribution in [-0.4, -0.2) is 0 Å². The third kappa shape index (κ3) is 2.92. The maximum atomic E-state index is 13.6. The van der Waals surface area contributed by atoms with Crippen LogP contribution in [0.5, 0.6) is 0 Å². The molecule has 0 saturated heterocycles. The highest BCUT2D eigenvalue weighted by Gasteiger charge is 2.17. The molecule has 0 radical (unpaired) electrons. The van der Waals surface area contributed by atoms with E-state index in [2.05, 4.69) is 0 Å². The molecule has 5 heteroatoms. The van der Waals surface area contributed by atoms with E-state index in [0.29, 0.717) is 0 Å². The van der Waals surface area contributed by atoms with Gasteiger partial charge in [0.1, 0.15) is 17.5 Å². The lowest BCUT2D eigenvalue weighted by molar-refractivity contribution is 0.553. The fraction of sp³-hybridized carbons (Fsp3) is 0.125. The Hall–Kier alpha value is -1.52. The van der Waals surface area contributed by atoms with Crippen LogP contribution in [0.25, 0.3) is 10.1 Å². The van der Waals surface area contributed by atoms with Gasteiger partial charge in [0.25, 0.3) is 0 Å². The predicted octanol–water partition coefficient (Wildman–Crippen LogP) is 5.84. The van der Waals surface area contributed by atoms with Gasteiger partial charge >= 0.3 is 0 Å². The second kappa shape index (κ2) is 5.70. The lowest BCUT2D eigenvalue weighted by Gasteiger charge is -2.09. The second-order valence-corrected chi connectivity index (χ2v) is 6.34. The molecule has 0 spiro atoms. The van der Waals surface area contributed by atoms with Crippen molar-refractivity contribution in [2.24, 2.45) is 0 Å². The molecule has 0 fully saturated rings. The largest absolute Gasteiger partial charge is 0.207 e. The molecule has 0 N–H and O–H groups in total. The number of rotatable bonds is 3. The maximum absolute atomic E-state index is 13.6. The summed E-state index contributed by atoms with van der Waals surface area (Å²) in [6.45, 7) is 0. The van der Waals surface area contributed by atoms with Crippen molar-refractivity contribution in [1.82, 2.24) is 0 Å². The number of fused-ring (bicyclic) bond motifs is 1. The quantitative estimate of drug-likeness (QED) is 0.530. The number of hydrogen-bond donors (Lipinski definition) is 0. The molecule has 2 aromatic carbocycles. The summed E-state index contributed by atoms with van der Waals surface area (Å²) in [4.78, 5) is 0.764. The van der Waals surface area contributed by atoms with E-state index in [4.69, 9.17) is 11.6 Å². The number of alkyl halides is 1. The Morgan fingerprint density at radius 3 is 2.43 bits per heavy atom. The topological polar surface area (TPSA) is 0 Å².